The molecule has 0 saturated carbocycles. The van der Waals surface area contributed by atoms with Crippen molar-refractivity contribution in [2.45, 2.75) is 37.9 Å². The van der Waals surface area contributed by atoms with Gasteiger partial charge in [-0.1, -0.05) is 12.1 Å². The number of terminal acetylenes is 1. The Bertz CT molecular complexity index is 848. The van der Waals surface area contributed by atoms with E-state index in [9.17, 15) is 4.79 Å². The Labute approximate surface area is 158 Å². The van der Waals surface area contributed by atoms with Gasteiger partial charge in [0.05, 0.1) is 17.6 Å². The van der Waals surface area contributed by atoms with Gasteiger partial charge in [0.1, 0.15) is 5.82 Å². The average Bonchev–Trinajstić information content (AvgIpc) is 3.35. The van der Waals surface area contributed by atoms with E-state index in [1.807, 2.05) is 29.2 Å². The summed E-state index contributed by atoms with van der Waals surface area (Å²) in [7, 11) is 0. The molecule has 0 radical (unpaired) electrons. The summed E-state index contributed by atoms with van der Waals surface area (Å²) in [6.07, 6.45) is 7.87. The van der Waals surface area contributed by atoms with Crippen molar-refractivity contribution < 1.29 is 4.79 Å². The van der Waals surface area contributed by atoms with Crippen LogP contribution in [0.1, 0.15) is 31.5 Å². The number of H-pyrrole nitrogens is 1. The lowest BCUT2D eigenvalue weighted by molar-refractivity contribution is -0.133. The molecule has 0 unspecified atom stereocenters. The third-order valence-corrected chi connectivity index (χ3v) is 5.33. The Morgan fingerprint density at radius 3 is 2.67 bits per heavy atom. The molecule has 1 aromatic carbocycles. The van der Waals surface area contributed by atoms with Crippen LogP contribution in [0, 0.1) is 12.3 Å². The maximum atomic E-state index is 12.5. The maximum Gasteiger partial charge on any atom is 0.222 e. The normalized spacial score (nSPS) is 18.6. The summed E-state index contributed by atoms with van der Waals surface area (Å²) >= 11 is 0. The number of carbonyl (C=O) groups is 1. The van der Waals surface area contributed by atoms with Crippen LogP contribution in [0.2, 0.25) is 0 Å². The van der Waals surface area contributed by atoms with Gasteiger partial charge >= 0.3 is 0 Å². The van der Waals surface area contributed by atoms with E-state index in [-0.39, 0.29) is 11.6 Å². The Hall–Kier alpha value is -2.72. The smallest absolute Gasteiger partial charge is 0.222 e. The summed E-state index contributed by atoms with van der Waals surface area (Å²) in [6, 6.07) is 8.06. The molecule has 2 aliphatic heterocycles. The van der Waals surface area contributed by atoms with Crippen molar-refractivity contribution in [3.63, 3.8) is 0 Å². The van der Waals surface area contributed by atoms with Gasteiger partial charge in [0.15, 0.2) is 5.66 Å². The molecule has 0 spiro atoms. The van der Waals surface area contributed by atoms with Crippen molar-refractivity contribution in [1.82, 2.24) is 19.8 Å². The highest BCUT2D eigenvalue weighted by molar-refractivity contribution is 5.76. The Kier molecular flexibility index (Phi) is 4.90. The van der Waals surface area contributed by atoms with Gasteiger partial charge in [-0.25, -0.2) is 4.98 Å². The number of fused-ring (bicyclic) bond motifs is 1. The van der Waals surface area contributed by atoms with Gasteiger partial charge in [-0.2, -0.15) is 10.2 Å². The van der Waals surface area contributed by atoms with Crippen LogP contribution in [0.15, 0.2) is 34.5 Å². The number of rotatable bonds is 7. The van der Waals surface area contributed by atoms with E-state index in [1.165, 1.54) is 0 Å². The standard InChI is InChI=1S/C20H24N6O/c1-2-3-9-20(23-24-20)10-8-19(27)26-13-11-25(12-14-26)15-18-21-16-6-4-5-7-17(16)22-18/h1,4-7H,3,8-15H2,(H,21,22). The largest absolute Gasteiger partial charge is 0.341 e. The van der Waals surface area contributed by atoms with Crippen molar-refractivity contribution in [2.24, 2.45) is 10.2 Å². The zero-order valence-electron chi connectivity index (χ0n) is 15.4. The van der Waals surface area contributed by atoms with Gasteiger partial charge in [-0.05, 0) is 12.1 Å². The summed E-state index contributed by atoms with van der Waals surface area (Å²) in [6.45, 7) is 4.01. The van der Waals surface area contributed by atoms with E-state index in [0.717, 1.165) is 56.0 Å². The Morgan fingerprint density at radius 2 is 1.96 bits per heavy atom. The van der Waals surface area contributed by atoms with Crippen molar-refractivity contribution in [3.8, 4) is 12.3 Å². The summed E-state index contributed by atoms with van der Waals surface area (Å²) in [4.78, 5) is 24.8. The van der Waals surface area contributed by atoms with E-state index < -0.39 is 0 Å². The predicted molar refractivity (Wildman–Crippen MR) is 103 cm³/mol. The lowest BCUT2D eigenvalue weighted by atomic mass is 10.0. The monoisotopic (exact) mass is 364 g/mol. The molecule has 4 rings (SSSR count). The molecule has 0 aliphatic carbocycles. The first kappa shape index (κ1) is 17.7. The van der Waals surface area contributed by atoms with Crippen molar-refractivity contribution in [3.05, 3.63) is 30.1 Å². The van der Waals surface area contributed by atoms with Crippen LogP contribution in [0.3, 0.4) is 0 Å². The third-order valence-electron chi connectivity index (χ3n) is 5.33. The van der Waals surface area contributed by atoms with Crippen LogP contribution < -0.4 is 0 Å². The van der Waals surface area contributed by atoms with Crippen LogP contribution in [-0.2, 0) is 11.3 Å². The molecule has 0 bridgehead atoms. The second-order valence-corrected chi connectivity index (χ2v) is 7.24. The molecular formula is C20H24N6O. The first-order valence-corrected chi connectivity index (χ1v) is 9.49. The van der Waals surface area contributed by atoms with Crippen LogP contribution in [-0.4, -0.2) is 57.5 Å². The number of para-hydroxylation sites is 2. The number of aromatic amines is 1. The number of amides is 1. The molecule has 3 heterocycles. The number of benzene rings is 1. The number of aromatic nitrogens is 2. The van der Waals surface area contributed by atoms with E-state index in [4.69, 9.17) is 6.42 Å². The topological polar surface area (TPSA) is 77.0 Å². The minimum atomic E-state index is -0.370. The van der Waals surface area contributed by atoms with Gasteiger partial charge in [-0.3, -0.25) is 9.69 Å². The summed E-state index contributed by atoms with van der Waals surface area (Å²) in [5.74, 6) is 3.79. The fourth-order valence-corrected chi connectivity index (χ4v) is 3.58. The molecule has 140 valence electrons. The summed E-state index contributed by atoms with van der Waals surface area (Å²) < 4.78 is 0. The van der Waals surface area contributed by atoms with Crippen LogP contribution in [0.5, 0.6) is 0 Å². The molecule has 1 amide bonds. The highest BCUT2D eigenvalue weighted by atomic mass is 16.2. The SMILES string of the molecule is C#CCCC1(CCC(=O)N2CCN(Cc3nc4ccccc4[nH]3)CC2)N=N1. The second kappa shape index (κ2) is 7.49. The number of imidazole rings is 1. The molecule has 7 heteroatoms. The fraction of sp³-hybridized carbons (Fsp3) is 0.500. The van der Waals surface area contributed by atoms with E-state index in [2.05, 4.69) is 31.0 Å². The number of nitrogens with zero attached hydrogens (tertiary/aromatic N) is 5. The number of hydrogen-bond acceptors (Lipinski definition) is 5. The summed E-state index contributed by atoms with van der Waals surface area (Å²) in [5.41, 5.74) is 1.69. The summed E-state index contributed by atoms with van der Waals surface area (Å²) in [5, 5.41) is 8.21. The fourth-order valence-electron chi connectivity index (χ4n) is 3.58. The minimum absolute atomic E-state index is 0.191. The molecule has 1 fully saturated rings. The van der Waals surface area contributed by atoms with E-state index >= 15 is 0 Å². The lowest BCUT2D eigenvalue weighted by Gasteiger charge is -2.34. The predicted octanol–water partition coefficient (Wildman–Crippen LogP) is 2.56. The van der Waals surface area contributed by atoms with Crippen molar-refractivity contribution in [2.75, 3.05) is 26.2 Å². The minimum Gasteiger partial charge on any atom is -0.341 e. The van der Waals surface area contributed by atoms with Crippen LogP contribution >= 0.6 is 0 Å². The van der Waals surface area contributed by atoms with Gasteiger partial charge in [0.2, 0.25) is 5.91 Å². The molecule has 1 aromatic heterocycles. The van der Waals surface area contributed by atoms with Gasteiger partial charge in [0.25, 0.3) is 0 Å². The van der Waals surface area contributed by atoms with Crippen LogP contribution in [0.4, 0.5) is 0 Å². The van der Waals surface area contributed by atoms with E-state index in [1.54, 1.807) is 0 Å². The average molecular weight is 364 g/mol. The zero-order chi connectivity index (χ0) is 18.7. The Morgan fingerprint density at radius 1 is 1.19 bits per heavy atom. The number of nitrogens with one attached hydrogen (secondary N) is 1. The highest BCUT2D eigenvalue weighted by Gasteiger charge is 2.39. The van der Waals surface area contributed by atoms with Gasteiger partial charge < -0.3 is 9.88 Å². The van der Waals surface area contributed by atoms with E-state index in [0.29, 0.717) is 19.3 Å². The van der Waals surface area contributed by atoms with Gasteiger partial charge in [0, 0.05) is 51.9 Å². The number of piperazine rings is 1. The molecule has 0 atom stereocenters. The molecule has 1 N–H and O–H groups in total. The first-order valence-electron chi connectivity index (χ1n) is 9.49. The Balaban J connectivity index is 1.22. The van der Waals surface area contributed by atoms with Crippen molar-refractivity contribution >= 4 is 16.9 Å². The number of carbonyl (C=O) groups excluding carboxylic acids is 1. The van der Waals surface area contributed by atoms with Crippen molar-refractivity contribution in [1.29, 1.82) is 0 Å². The second-order valence-electron chi connectivity index (χ2n) is 7.24. The molecule has 7 nitrogen and oxygen atoms in total. The maximum absolute atomic E-state index is 12.5. The molecule has 1 saturated heterocycles. The third kappa shape index (κ3) is 4.17. The first-order chi connectivity index (χ1) is 13.2. The number of hydrogen-bond donors (Lipinski definition) is 1. The quantitative estimate of drug-likeness (QED) is 0.767. The van der Waals surface area contributed by atoms with Gasteiger partial charge in [-0.15, -0.1) is 12.3 Å². The molecule has 2 aromatic rings. The highest BCUT2D eigenvalue weighted by Crippen LogP contribution is 2.37. The molecule has 27 heavy (non-hydrogen) atoms. The molecular weight excluding hydrogens is 340 g/mol. The molecule has 2 aliphatic rings. The lowest BCUT2D eigenvalue weighted by Crippen LogP contribution is -2.48. The zero-order valence-corrected chi connectivity index (χ0v) is 15.4. The van der Waals surface area contributed by atoms with Crippen LogP contribution in [0.25, 0.3) is 11.0 Å².